The van der Waals surface area contributed by atoms with Gasteiger partial charge in [0.2, 0.25) is 0 Å². The van der Waals surface area contributed by atoms with E-state index in [1.807, 2.05) is 25.3 Å². The minimum atomic E-state index is 0.611. The monoisotopic (exact) mass is 160 g/mol. The Kier molecular flexibility index (Phi) is 1.59. The molecule has 0 saturated heterocycles. The Hall–Kier alpha value is -1.71. The molecule has 0 atom stereocenters. The van der Waals surface area contributed by atoms with Crippen molar-refractivity contribution in [2.75, 3.05) is 0 Å². The molecule has 0 aliphatic heterocycles. The summed E-state index contributed by atoms with van der Waals surface area (Å²) < 4.78 is 1.63. The molecule has 4 heteroatoms. The van der Waals surface area contributed by atoms with Crippen LogP contribution in [0.3, 0.4) is 0 Å². The summed E-state index contributed by atoms with van der Waals surface area (Å²) in [6.45, 7) is 1.93. The molecule has 0 aromatic carbocycles. The van der Waals surface area contributed by atoms with Crippen LogP contribution >= 0.6 is 0 Å². The predicted molar refractivity (Wildman–Crippen MR) is 43.9 cm³/mol. The second-order valence-corrected chi connectivity index (χ2v) is 2.45. The van der Waals surface area contributed by atoms with Gasteiger partial charge < -0.3 is 0 Å². The average molecular weight is 160 g/mol. The molecule has 4 nitrogen and oxygen atoms in total. The van der Waals surface area contributed by atoms with Crippen molar-refractivity contribution in [1.82, 2.24) is 19.7 Å². The van der Waals surface area contributed by atoms with Gasteiger partial charge in [-0.15, -0.1) is 0 Å². The quantitative estimate of drug-likeness (QED) is 0.624. The van der Waals surface area contributed by atoms with E-state index < -0.39 is 0 Å². The Bertz CT molecular complexity index is 366. The first-order valence-corrected chi connectivity index (χ1v) is 3.66. The SMILES string of the molecule is Cc1ccnc(-n2cccn2)n1. The van der Waals surface area contributed by atoms with Crippen LogP contribution in [0.25, 0.3) is 5.95 Å². The lowest BCUT2D eigenvalue weighted by Gasteiger charge is -1.98. The van der Waals surface area contributed by atoms with Gasteiger partial charge in [-0.05, 0) is 19.1 Å². The molecule has 0 radical (unpaired) electrons. The first-order chi connectivity index (χ1) is 5.86. The van der Waals surface area contributed by atoms with Crippen LogP contribution in [0.5, 0.6) is 0 Å². The van der Waals surface area contributed by atoms with Crippen molar-refractivity contribution < 1.29 is 0 Å². The molecule has 0 amide bonds. The molecule has 0 saturated carbocycles. The third-order valence-electron chi connectivity index (χ3n) is 1.49. The van der Waals surface area contributed by atoms with E-state index >= 15 is 0 Å². The summed E-state index contributed by atoms with van der Waals surface area (Å²) in [5.41, 5.74) is 0.940. The fraction of sp³-hybridized carbons (Fsp3) is 0.125. The van der Waals surface area contributed by atoms with Gasteiger partial charge in [0.25, 0.3) is 5.95 Å². The predicted octanol–water partition coefficient (Wildman–Crippen LogP) is 0.971. The summed E-state index contributed by atoms with van der Waals surface area (Å²) in [6.07, 6.45) is 5.24. The van der Waals surface area contributed by atoms with Gasteiger partial charge in [-0.3, -0.25) is 0 Å². The molecular weight excluding hydrogens is 152 g/mol. The van der Waals surface area contributed by atoms with E-state index in [9.17, 15) is 0 Å². The molecule has 2 heterocycles. The molecule has 0 bridgehead atoms. The molecule has 0 N–H and O–H groups in total. The molecule has 0 unspecified atom stereocenters. The van der Waals surface area contributed by atoms with Gasteiger partial charge in [0.15, 0.2) is 0 Å². The second-order valence-electron chi connectivity index (χ2n) is 2.45. The number of hydrogen-bond donors (Lipinski definition) is 0. The number of rotatable bonds is 1. The lowest BCUT2D eigenvalue weighted by molar-refractivity contribution is 0.801. The van der Waals surface area contributed by atoms with Crippen molar-refractivity contribution in [1.29, 1.82) is 0 Å². The molecule has 2 aromatic rings. The van der Waals surface area contributed by atoms with E-state index in [1.165, 1.54) is 0 Å². The summed E-state index contributed by atoms with van der Waals surface area (Å²) >= 11 is 0. The van der Waals surface area contributed by atoms with Crippen LogP contribution in [-0.2, 0) is 0 Å². The molecular formula is C8H8N4. The maximum atomic E-state index is 4.20. The first-order valence-electron chi connectivity index (χ1n) is 3.66. The van der Waals surface area contributed by atoms with E-state index in [-0.39, 0.29) is 0 Å². The number of aromatic nitrogens is 4. The van der Waals surface area contributed by atoms with E-state index in [0.717, 1.165) is 5.69 Å². The van der Waals surface area contributed by atoms with Crippen LogP contribution < -0.4 is 0 Å². The maximum absolute atomic E-state index is 4.20. The zero-order valence-electron chi connectivity index (χ0n) is 6.68. The number of aryl methyl sites for hydroxylation is 1. The van der Waals surface area contributed by atoms with Crippen LogP contribution in [0.4, 0.5) is 0 Å². The molecule has 2 aromatic heterocycles. The zero-order valence-corrected chi connectivity index (χ0v) is 6.68. The topological polar surface area (TPSA) is 43.6 Å². The Labute approximate surface area is 69.9 Å². The standard InChI is InChI=1S/C8H8N4/c1-7-3-5-9-8(11-7)12-6-2-4-10-12/h2-6H,1H3. The summed E-state index contributed by atoms with van der Waals surface area (Å²) in [7, 11) is 0. The fourth-order valence-electron chi connectivity index (χ4n) is 0.933. The third-order valence-corrected chi connectivity index (χ3v) is 1.49. The van der Waals surface area contributed by atoms with Gasteiger partial charge in [0, 0.05) is 24.3 Å². The molecule has 0 fully saturated rings. The van der Waals surface area contributed by atoms with Crippen LogP contribution in [0.2, 0.25) is 0 Å². The smallest absolute Gasteiger partial charge is 0.220 e. The lowest BCUT2D eigenvalue weighted by atomic mass is 10.5. The summed E-state index contributed by atoms with van der Waals surface area (Å²) in [6, 6.07) is 3.69. The Balaban J connectivity index is 2.48. The van der Waals surface area contributed by atoms with Gasteiger partial charge in [0.05, 0.1) is 0 Å². The van der Waals surface area contributed by atoms with E-state index in [4.69, 9.17) is 0 Å². The van der Waals surface area contributed by atoms with Crippen molar-refractivity contribution in [2.24, 2.45) is 0 Å². The summed E-state index contributed by atoms with van der Waals surface area (Å²) in [5, 5.41) is 4.02. The highest BCUT2D eigenvalue weighted by atomic mass is 15.3. The highest BCUT2D eigenvalue weighted by Crippen LogP contribution is 1.98. The Morgan fingerprint density at radius 3 is 2.92 bits per heavy atom. The normalized spacial score (nSPS) is 10.1. The molecule has 12 heavy (non-hydrogen) atoms. The average Bonchev–Trinajstić information content (AvgIpc) is 2.56. The Morgan fingerprint density at radius 2 is 2.25 bits per heavy atom. The Morgan fingerprint density at radius 1 is 1.33 bits per heavy atom. The van der Waals surface area contributed by atoms with Gasteiger partial charge in [-0.2, -0.15) is 5.10 Å². The highest BCUT2D eigenvalue weighted by molar-refractivity contribution is 5.11. The van der Waals surface area contributed by atoms with E-state index in [1.54, 1.807) is 17.1 Å². The van der Waals surface area contributed by atoms with Crippen LogP contribution in [0, 0.1) is 6.92 Å². The molecule has 0 aliphatic rings. The summed E-state index contributed by atoms with van der Waals surface area (Å²) in [4.78, 5) is 8.28. The molecule has 60 valence electrons. The van der Waals surface area contributed by atoms with Crippen molar-refractivity contribution >= 4 is 0 Å². The summed E-state index contributed by atoms with van der Waals surface area (Å²) in [5.74, 6) is 0.611. The van der Waals surface area contributed by atoms with Crippen molar-refractivity contribution in [2.45, 2.75) is 6.92 Å². The van der Waals surface area contributed by atoms with Gasteiger partial charge in [-0.25, -0.2) is 14.6 Å². The van der Waals surface area contributed by atoms with Crippen LogP contribution in [0.15, 0.2) is 30.7 Å². The molecule has 2 rings (SSSR count). The number of hydrogen-bond acceptors (Lipinski definition) is 3. The highest BCUT2D eigenvalue weighted by Gasteiger charge is 1.97. The minimum Gasteiger partial charge on any atom is -0.220 e. The largest absolute Gasteiger partial charge is 0.250 e. The van der Waals surface area contributed by atoms with E-state index in [0.29, 0.717) is 5.95 Å². The van der Waals surface area contributed by atoms with Gasteiger partial charge in [-0.1, -0.05) is 0 Å². The minimum absolute atomic E-state index is 0.611. The fourth-order valence-corrected chi connectivity index (χ4v) is 0.933. The second kappa shape index (κ2) is 2.73. The van der Waals surface area contributed by atoms with Crippen molar-refractivity contribution in [3.63, 3.8) is 0 Å². The van der Waals surface area contributed by atoms with Crippen LogP contribution in [-0.4, -0.2) is 19.7 Å². The van der Waals surface area contributed by atoms with Crippen LogP contribution in [0.1, 0.15) is 5.69 Å². The van der Waals surface area contributed by atoms with Crippen molar-refractivity contribution in [3.8, 4) is 5.95 Å². The number of nitrogens with zero attached hydrogens (tertiary/aromatic N) is 4. The van der Waals surface area contributed by atoms with Crippen molar-refractivity contribution in [3.05, 3.63) is 36.4 Å². The molecule has 0 aliphatic carbocycles. The zero-order chi connectivity index (χ0) is 8.39. The van der Waals surface area contributed by atoms with Gasteiger partial charge >= 0.3 is 0 Å². The maximum Gasteiger partial charge on any atom is 0.250 e. The first kappa shape index (κ1) is 6.97. The third kappa shape index (κ3) is 1.18. The van der Waals surface area contributed by atoms with Gasteiger partial charge in [0.1, 0.15) is 0 Å². The molecule has 0 spiro atoms. The van der Waals surface area contributed by atoms with E-state index in [2.05, 4.69) is 15.1 Å². The lowest BCUT2D eigenvalue weighted by Crippen LogP contribution is -2.01.